The summed E-state index contributed by atoms with van der Waals surface area (Å²) in [4.78, 5) is 18.0. The lowest BCUT2D eigenvalue weighted by Gasteiger charge is -2.19. The summed E-state index contributed by atoms with van der Waals surface area (Å²) in [5.74, 6) is 6.24. The van der Waals surface area contributed by atoms with Crippen molar-refractivity contribution in [3.63, 3.8) is 0 Å². The molecular formula is C12H20N4O. The average molecular weight is 236 g/mol. The van der Waals surface area contributed by atoms with E-state index in [1.807, 2.05) is 6.92 Å². The zero-order valence-electron chi connectivity index (χ0n) is 10.8. The summed E-state index contributed by atoms with van der Waals surface area (Å²) < 4.78 is 0. The SMILES string of the molecule is Cc1cc(C(=O)N(C)CC(C)C)cc(NN)n1. The molecular weight excluding hydrogens is 216 g/mol. The van der Waals surface area contributed by atoms with Gasteiger partial charge in [0.2, 0.25) is 0 Å². The first-order valence-electron chi connectivity index (χ1n) is 5.64. The number of rotatable bonds is 4. The summed E-state index contributed by atoms with van der Waals surface area (Å²) >= 11 is 0. The van der Waals surface area contributed by atoms with Crippen LogP contribution in [-0.2, 0) is 0 Å². The molecule has 1 aromatic heterocycles. The number of pyridine rings is 1. The molecule has 0 fully saturated rings. The molecule has 0 radical (unpaired) electrons. The number of anilines is 1. The van der Waals surface area contributed by atoms with E-state index in [4.69, 9.17) is 5.84 Å². The van der Waals surface area contributed by atoms with E-state index in [2.05, 4.69) is 24.3 Å². The molecule has 5 nitrogen and oxygen atoms in total. The number of hydrogen-bond donors (Lipinski definition) is 2. The van der Waals surface area contributed by atoms with Crippen LogP contribution in [0.3, 0.4) is 0 Å². The molecule has 17 heavy (non-hydrogen) atoms. The second-order valence-corrected chi connectivity index (χ2v) is 4.61. The van der Waals surface area contributed by atoms with Crippen LogP contribution in [0.1, 0.15) is 29.9 Å². The predicted molar refractivity (Wildman–Crippen MR) is 68.6 cm³/mol. The predicted octanol–water partition coefficient (Wildman–Crippen LogP) is 1.40. The minimum absolute atomic E-state index is 0.0132. The number of nitrogens with zero attached hydrogens (tertiary/aromatic N) is 2. The highest BCUT2D eigenvalue weighted by Gasteiger charge is 2.14. The van der Waals surface area contributed by atoms with Crippen LogP contribution in [0.5, 0.6) is 0 Å². The van der Waals surface area contributed by atoms with Crippen LogP contribution in [0.2, 0.25) is 0 Å². The first kappa shape index (κ1) is 13.4. The van der Waals surface area contributed by atoms with E-state index in [0.717, 1.165) is 12.2 Å². The zero-order chi connectivity index (χ0) is 13.0. The molecule has 0 unspecified atom stereocenters. The number of carbonyl (C=O) groups excluding carboxylic acids is 1. The van der Waals surface area contributed by atoms with Crippen LogP contribution >= 0.6 is 0 Å². The number of nitrogens with one attached hydrogen (secondary N) is 1. The maximum absolute atomic E-state index is 12.1. The van der Waals surface area contributed by atoms with Gasteiger partial charge in [-0.3, -0.25) is 4.79 Å². The van der Waals surface area contributed by atoms with Gasteiger partial charge in [0.25, 0.3) is 5.91 Å². The maximum atomic E-state index is 12.1. The van der Waals surface area contributed by atoms with Crippen LogP contribution in [0.4, 0.5) is 5.82 Å². The van der Waals surface area contributed by atoms with Gasteiger partial charge in [0.15, 0.2) is 0 Å². The van der Waals surface area contributed by atoms with Crippen molar-refractivity contribution in [2.24, 2.45) is 11.8 Å². The van der Waals surface area contributed by atoms with Gasteiger partial charge in [-0.25, -0.2) is 10.8 Å². The summed E-state index contributed by atoms with van der Waals surface area (Å²) in [6.07, 6.45) is 0. The van der Waals surface area contributed by atoms with Crippen LogP contribution in [0.15, 0.2) is 12.1 Å². The van der Waals surface area contributed by atoms with E-state index in [1.165, 1.54) is 0 Å². The molecule has 3 N–H and O–H groups in total. The van der Waals surface area contributed by atoms with Gasteiger partial charge in [-0.05, 0) is 25.0 Å². The first-order valence-corrected chi connectivity index (χ1v) is 5.64. The third-order valence-electron chi connectivity index (χ3n) is 2.33. The van der Waals surface area contributed by atoms with Crippen molar-refractivity contribution in [2.45, 2.75) is 20.8 Å². The number of aromatic nitrogens is 1. The Morgan fingerprint density at radius 3 is 2.71 bits per heavy atom. The van der Waals surface area contributed by atoms with Gasteiger partial charge < -0.3 is 10.3 Å². The van der Waals surface area contributed by atoms with E-state index < -0.39 is 0 Å². The molecule has 0 atom stereocenters. The molecule has 1 rings (SSSR count). The molecule has 0 aromatic carbocycles. The van der Waals surface area contributed by atoms with E-state index in [9.17, 15) is 4.79 Å². The number of nitrogen functional groups attached to an aromatic ring is 1. The number of amides is 1. The van der Waals surface area contributed by atoms with E-state index in [1.54, 1.807) is 24.1 Å². The van der Waals surface area contributed by atoms with Crippen molar-refractivity contribution in [1.82, 2.24) is 9.88 Å². The van der Waals surface area contributed by atoms with Crippen molar-refractivity contribution >= 4 is 11.7 Å². The van der Waals surface area contributed by atoms with Gasteiger partial charge in [-0.2, -0.15) is 0 Å². The fraction of sp³-hybridized carbons (Fsp3) is 0.500. The second kappa shape index (κ2) is 5.63. The molecule has 94 valence electrons. The van der Waals surface area contributed by atoms with Crippen LogP contribution in [0, 0.1) is 12.8 Å². The Bertz CT molecular complexity index is 403. The Balaban J connectivity index is 2.91. The van der Waals surface area contributed by atoms with Crippen molar-refractivity contribution in [3.8, 4) is 0 Å². The largest absolute Gasteiger partial charge is 0.341 e. The number of hydrazine groups is 1. The van der Waals surface area contributed by atoms with Gasteiger partial charge in [0.1, 0.15) is 5.82 Å². The highest BCUT2D eigenvalue weighted by Crippen LogP contribution is 2.12. The maximum Gasteiger partial charge on any atom is 0.253 e. The minimum Gasteiger partial charge on any atom is -0.341 e. The van der Waals surface area contributed by atoms with E-state index in [0.29, 0.717) is 17.3 Å². The zero-order valence-corrected chi connectivity index (χ0v) is 10.8. The second-order valence-electron chi connectivity index (χ2n) is 4.61. The Labute approximate surface area is 102 Å². The fourth-order valence-corrected chi connectivity index (χ4v) is 1.72. The third kappa shape index (κ3) is 3.71. The monoisotopic (exact) mass is 236 g/mol. The van der Waals surface area contributed by atoms with E-state index in [-0.39, 0.29) is 5.91 Å². The Morgan fingerprint density at radius 1 is 1.53 bits per heavy atom. The van der Waals surface area contributed by atoms with Crippen molar-refractivity contribution < 1.29 is 4.79 Å². The molecule has 0 aliphatic carbocycles. The van der Waals surface area contributed by atoms with Gasteiger partial charge in [0, 0.05) is 24.8 Å². The van der Waals surface area contributed by atoms with Crippen molar-refractivity contribution in [1.29, 1.82) is 0 Å². The normalized spacial score (nSPS) is 10.5. The number of aryl methyl sites for hydroxylation is 1. The highest BCUT2D eigenvalue weighted by molar-refractivity contribution is 5.94. The molecule has 0 aliphatic heterocycles. The molecule has 0 spiro atoms. The molecule has 0 bridgehead atoms. The minimum atomic E-state index is -0.0132. The lowest BCUT2D eigenvalue weighted by atomic mass is 10.1. The first-order chi connectivity index (χ1) is 7.93. The summed E-state index contributed by atoms with van der Waals surface area (Å²) in [6.45, 7) is 6.72. The standard InChI is InChI=1S/C12H20N4O/c1-8(2)7-16(4)12(17)10-5-9(3)14-11(6-10)15-13/h5-6,8H,7,13H2,1-4H3,(H,14,15). The van der Waals surface area contributed by atoms with Gasteiger partial charge in [-0.1, -0.05) is 13.8 Å². The van der Waals surface area contributed by atoms with Gasteiger partial charge >= 0.3 is 0 Å². The Hall–Kier alpha value is -1.62. The van der Waals surface area contributed by atoms with Crippen LogP contribution in [-0.4, -0.2) is 29.4 Å². The van der Waals surface area contributed by atoms with Crippen molar-refractivity contribution in [3.05, 3.63) is 23.4 Å². The quantitative estimate of drug-likeness (QED) is 0.612. The molecule has 0 saturated heterocycles. The number of carbonyl (C=O) groups is 1. The Morgan fingerprint density at radius 2 is 2.18 bits per heavy atom. The lowest BCUT2D eigenvalue weighted by molar-refractivity contribution is 0.0779. The summed E-state index contributed by atoms with van der Waals surface area (Å²) in [5, 5.41) is 0. The molecule has 0 aliphatic rings. The molecule has 1 aromatic rings. The third-order valence-corrected chi connectivity index (χ3v) is 2.33. The average Bonchev–Trinajstić information content (AvgIpc) is 2.26. The number of hydrogen-bond acceptors (Lipinski definition) is 4. The molecule has 0 saturated carbocycles. The summed E-state index contributed by atoms with van der Waals surface area (Å²) in [7, 11) is 1.80. The van der Waals surface area contributed by atoms with Gasteiger partial charge in [-0.15, -0.1) is 0 Å². The number of nitrogens with two attached hydrogens (primary N) is 1. The van der Waals surface area contributed by atoms with Crippen LogP contribution < -0.4 is 11.3 Å². The molecule has 1 heterocycles. The summed E-state index contributed by atoms with van der Waals surface area (Å²) in [5.41, 5.74) is 3.83. The Kier molecular flexibility index (Phi) is 4.45. The topological polar surface area (TPSA) is 71.2 Å². The van der Waals surface area contributed by atoms with Gasteiger partial charge in [0.05, 0.1) is 0 Å². The molecule has 5 heteroatoms. The summed E-state index contributed by atoms with van der Waals surface area (Å²) in [6, 6.07) is 3.42. The lowest BCUT2D eigenvalue weighted by Crippen LogP contribution is -2.30. The fourth-order valence-electron chi connectivity index (χ4n) is 1.72. The van der Waals surface area contributed by atoms with E-state index >= 15 is 0 Å². The van der Waals surface area contributed by atoms with Crippen LogP contribution in [0.25, 0.3) is 0 Å². The highest BCUT2D eigenvalue weighted by atomic mass is 16.2. The molecule has 1 amide bonds. The smallest absolute Gasteiger partial charge is 0.253 e. The van der Waals surface area contributed by atoms with Crippen molar-refractivity contribution in [2.75, 3.05) is 19.0 Å².